The highest BCUT2D eigenvalue weighted by molar-refractivity contribution is 5.43. The average molecular weight is 485 g/mol. The molecule has 0 spiro atoms. The molecule has 36 heavy (non-hydrogen) atoms. The topological polar surface area (TPSA) is 61.6 Å². The fourth-order valence-corrected chi connectivity index (χ4v) is 4.97. The molecule has 1 fully saturated rings. The van der Waals surface area contributed by atoms with Gasteiger partial charge in [0.05, 0.1) is 18.2 Å². The van der Waals surface area contributed by atoms with Crippen LogP contribution in [0, 0.1) is 12.7 Å². The van der Waals surface area contributed by atoms with Crippen LogP contribution >= 0.6 is 0 Å². The van der Waals surface area contributed by atoms with E-state index in [1.54, 1.807) is 22.9 Å². The highest BCUT2D eigenvalue weighted by Crippen LogP contribution is 2.34. The van der Waals surface area contributed by atoms with Gasteiger partial charge in [0.2, 0.25) is 0 Å². The third-order valence-electron chi connectivity index (χ3n) is 6.80. The van der Waals surface area contributed by atoms with Crippen LogP contribution in [0.1, 0.15) is 28.4 Å². The number of benzene rings is 2. The first-order valence-corrected chi connectivity index (χ1v) is 12.1. The van der Waals surface area contributed by atoms with E-state index in [0.29, 0.717) is 44.0 Å². The van der Waals surface area contributed by atoms with E-state index in [1.807, 2.05) is 61.5 Å². The van der Waals surface area contributed by atoms with Crippen LogP contribution in [0.2, 0.25) is 0 Å². The molecule has 2 aromatic heterocycles. The molecule has 3 heterocycles. The number of hydrogen-bond donors (Lipinski definition) is 1. The predicted molar refractivity (Wildman–Crippen MR) is 139 cm³/mol. The summed E-state index contributed by atoms with van der Waals surface area (Å²) in [5, 5.41) is 11.1. The molecule has 2 aromatic carbocycles. The van der Waals surface area contributed by atoms with Gasteiger partial charge in [0.25, 0.3) is 5.56 Å². The summed E-state index contributed by atoms with van der Waals surface area (Å²) in [5.41, 5.74) is 2.31. The Morgan fingerprint density at radius 2 is 1.69 bits per heavy atom. The summed E-state index contributed by atoms with van der Waals surface area (Å²) in [6.45, 7) is 4.87. The molecule has 0 aliphatic carbocycles. The summed E-state index contributed by atoms with van der Waals surface area (Å²) < 4.78 is 16.0. The number of nitrogens with zero attached hydrogens (tertiary/aromatic N) is 4. The minimum Gasteiger partial charge on any atom is -0.507 e. The molecule has 0 saturated carbocycles. The van der Waals surface area contributed by atoms with Crippen LogP contribution in [-0.2, 0) is 6.54 Å². The summed E-state index contributed by atoms with van der Waals surface area (Å²) in [5.74, 6) is 0.465. The number of aromatic hydroxyl groups is 1. The van der Waals surface area contributed by atoms with Crippen LogP contribution < -0.4 is 10.5 Å². The molecule has 1 aliphatic heterocycles. The molecule has 1 aliphatic rings. The Kier molecular flexibility index (Phi) is 6.82. The lowest BCUT2D eigenvalue weighted by Gasteiger charge is -2.40. The van der Waals surface area contributed by atoms with E-state index >= 15 is 0 Å². The molecule has 1 atom stereocenters. The lowest BCUT2D eigenvalue weighted by atomic mass is 9.95. The van der Waals surface area contributed by atoms with E-state index in [-0.39, 0.29) is 22.7 Å². The summed E-state index contributed by atoms with van der Waals surface area (Å²) >= 11 is 0. The summed E-state index contributed by atoms with van der Waals surface area (Å²) in [6.07, 6.45) is 1.77. The van der Waals surface area contributed by atoms with Gasteiger partial charge in [-0.1, -0.05) is 48.5 Å². The third-order valence-corrected chi connectivity index (χ3v) is 6.80. The van der Waals surface area contributed by atoms with Crippen molar-refractivity contribution < 1.29 is 9.50 Å². The van der Waals surface area contributed by atoms with Gasteiger partial charge in [0.15, 0.2) is 0 Å². The summed E-state index contributed by atoms with van der Waals surface area (Å²) in [6, 6.07) is 23.0. The third kappa shape index (κ3) is 4.88. The zero-order chi connectivity index (χ0) is 25.1. The van der Waals surface area contributed by atoms with Crippen LogP contribution in [0.4, 0.5) is 10.2 Å². The Labute approximate surface area is 209 Å². The highest BCUT2D eigenvalue weighted by Gasteiger charge is 2.32. The van der Waals surface area contributed by atoms with Crippen molar-refractivity contribution in [3.63, 3.8) is 0 Å². The monoisotopic (exact) mass is 484 g/mol. The summed E-state index contributed by atoms with van der Waals surface area (Å²) in [7, 11) is 0. The Hall–Kier alpha value is -3.97. The number of anilines is 1. The van der Waals surface area contributed by atoms with Crippen molar-refractivity contribution >= 4 is 5.82 Å². The standard InChI is InChI=1S/C29H29FN4O2/c1-21-18-25(35)27(29(36)34(21)20-22-8-3-2-4-9-22)28(23-10-7-11-24(30)19-23)33-16-14-32(15-17-33)26-12-5-6-13-31-26/h2-13,18-19,28,35H,14-17,20H2,1H3/t28-/m0/s1. The molecule has 184 valence electrons. The fourth-order valence-electron chi connectivity index (χ4n) is 4.97. The van der Waals surface area contributed by atoms with Gasteiger partial charge in [-0.3, -0.25) is 9.69 Å². The van der Waals surface area contributed by atoms with E-state index < -0.39 is 6.04 Å². The zero-order valence-corrected chi connectivity index (χ0v) is 20.2. The first-order chi connectivity index (χ1) is 17.5. The van der Waals surface area contributed by atoms with Gasteiger partial charge in [0, 0.05) is 38.1 Å². The maximum atomic E-state index is 14.3. The molecule has 0 bridgehead atoms. The van der Waals surface area contributed by atoms with Crippen LogP contribution in [0.5, 0.6) is 5.75 Å². The van der Waals surface area contributed by atoms with Crippen LogP contribution in [0.25, 0.3) is 0 Å². The van der Waals surface area contributed by atoms with Gasteiger partial charge in [-0.2, -0.15) is 0 Å². The number of rotatable bonds is 6. The van der Waals surface area contributed by atoms with Crippen LogP contribution in [0.3, 0.4) is 0 Å². The molecule has 0 unspecified atom stereocenters. The van der Waals surface area contributed by atoms with E-state index in [2.05, 4.69) is 14.8 Å². The maximum absolute atomic E-state index is 14.3. The van der Waals surface area contributed by atoms with Crippen molar-refractivity contribution in [3.05, 3.63) is 124 Å². The number of aryl methyl sites for hydroxylation is 1. The molecule has 1 N–H and O–H groups in total. The highest BCUT2D eigenvalue weighted by atomic mass is 19.1. The second-order valence-electron chi connectivity index (χ2n) is 9.13. The quantitative estimate of drug-likeness (QED) is 0.441. The lowest BCUT2D eigenvalue weighted by Crippen LogP contribution is -2.49. The molecule has 0 amide bonds. The molecule has 7 heteroatoms. The first kappa shape index (κ1) is 23.8. The largest absolute Gasteiger partial charge is 0.507 e. The number of pyridine rings is 2. The van der Waals surface area contributed by atoms with Crippen LogP contribution in [0.15, 0.2) is 89.9 Å². The van der Waals surface area contributed by atoms with E-state index in [4.69, 9.17) is 0 Å². The molecule has 1 saturated heterocycles. The van der Waals surface area contributed by atoms with Crippen molar-refractivity contribution in [2.45, 2.75) is 19.5 Å². The minimum absolute atomic E-state index is 0.0665. The predicted octanol–water partition coefficient (Wildman–Crippen LogP) is 4.36. The molecular weight excluding hydrogens is 455 g/mol. The normalized spacial score (nSPS) is 15.1. The second-order valence-corrected chi connectivity index (χ2v) is 9.13. The van der Waals surface area contributed by atoms with E-state index in [9.17, 15) is 14.3 Å². The number of aromatic nitrogens is 2. The van der Waals surface area contributed by atoms with Crippen molar-refractivity contribution in [1.29, 1.82) is 0 Å². The Morgan fingerprint density at radius 3 is 2.39 bits per heavy atom. The number of piperazine rings is 1. The van der Waals surface area contributed by atoms with Crippen molar-refractivity contribution in [3.8, 4) is 5.75 Å². The smallest absolute Gasteiger partial charge is 0.259 e. The maximum Gasteiger partial charge on any atom is 0.259 e. The molecular formula is C29H29FN4O2. The fraction of sp³-hybridized carbons (Fsp3) is 0.241. The molecule has 4 aromatic rings. The number of halogens is 1. The molecule has 0 radical (unpaired) electrons. The average Bonchev–Trinajstić information content (AvgIpc) is 2.90. The van der Waals surface area contributed by atoms with Gasteiger partial charge in [-0.15, -0.1) is 0 Å². The first-order valence-electron chi connectivity index (χ1n) is 12.1. The summed E-state index contributed by atoms with van der Waals surface area (Å²) in [4.78, 5) is 22.7. The van der Waals surface area contributed by atoms with E-state index in [1.165, 1.54) is 12.1 Å². The van der Waals surface area contributed by atoms with Gasteiger partial charge < -0.3 is 14.6 Å². The van der Waals surface area contributed by atoms with Gasteiger partial charge >= 0.3 is 0 Å². The SMILES string of the molecule is Cc1cc(O)c([C@H](c2cccc(F)c2)N2CCN(c3ccccn3)CC2)c(=O)n1Cc1ccccc1. The van der Waals surface area contributed by atoms with E-state index in [0.717, 1.165) is 11.4 Å². The second kappa shape index (κ2) is 10.3. The Balaban J connectivity index is 1.54. The Morgan fingerprint density at radius 1 is 0.944 bits per heavy atom. The molecule has 6 nitrogen and oxygen atoms in total. The van der Waals surface area contributed by atoms with Crippen LogP contribution in [-0.4, -0.2) is 45.7 Å². The van der Waals surface area contributed by atoms with Gasteiger partial charge in [-0.05, 0) is 48.4 Å². The number of hydrogen-bond acceptors (Lipinski definition) is 5. The lowest BCUT2D eigenvalue weighted by molar-refractivity contribution is 0.207. The zero-order valence-electron chi connectivity index (χ0n) is 20.2. The molecule has 5 rings (SSSR count). The van der Waals surface area contributed by atoms with Crippen molar-refractivity contribution in [2.24, 2.45) is 0 Å². The van der Waals surface area contributed by atoms with Crippen molar-refractivity contribution in [2.75, 3.05) is 31.1 Å². The Bertz CT molecular complexity index is 1380. The van der Waals surface area contributed by atoms with Gasteiger partial charge in [0.1, 0.15) is 17.4 Å². The van der Waals surface area contributed by atoms with Gasteiger partial charge in [-0.25, -0.2) is 9.37 Å². The minimum atomic E-state index is -0.582. The van der Waals surface area contributed by atoms with Crippen molar-refractivity contribution in [1.82, 2.24) is 14.5 Å².